The number of ether oxygens (including phenoxy) is 2. The molecular weight excluding hydrogens is 463 g/mol. The Bertz CT molecular complexity index is 1300. The lowest BCUT2D eigenvalue weighted by Gasteiger charge is -2.11. The van der Waals surface area contributed by atoms with Crippen molar-refractivity contribution in [2.45, 2.75) is 20.0 Å². The number of methoxy groups -OCH3 is 1. The first-order chi connectivity index (χ1) is 15.0. The smallest absolute Gasteiger partial charge is 0.329 e. The van der Waals surface area contributed by atoms with E-state index in [2.05, 4.69) is 15.9 Å². The quantitative estimate of drug-likeness (QED) is 0.361. The molecule has 0 aliphatic rings. The zero-order valence-electron chi connectivity index (χ0n) is 17.3. The molecule has 0 atom stereocenters. The van der Waals surface area contributed by atoms with E-state index in [9.17, 15) is 9.18 Å². The Morgan fingerprint density at radius 1 is 0.935 bits per heavy atom. The van der Waals surface area contributed by atoms with Crippen LogP contribution in [0.2, 0.25) is 0 Å². The van der Waals surface area contributed by atoms with Crippen LogP contribution in [0.4, 0.5) is 4.39 Å². The molecule has 1 aromatic heterocycles. The summed E-state index contributed by atoms with van der Waals surface area (Å²) in [5.41, 5.74) is 2.68. The van der Waals surface area contributed by atoms with Gasteiger partial charge in [0.1, 0.15) is 5.82 Å². The first kappa shape index (κ1) is 21.2. The van der Waals surface area contributed by atoms with Crippen LogP contribution in [-0.2, 0) is 13.1 Å². The summed E-state index contributed by atoms with van der Waals surface area (Å²) in [6.07, 6.45) is 0. The van der Waals surface area contributed by atoms with Gasteiger partial charge in [-0.15, -0.1) is 0 Å². The molecule has 0 bridgehead atoms. The summed E-state index contributed by atoms with van der Waals surface area (Å²) < 4.78 is 29.4. The zero-order chi connectivity index (χ0) is 22.0. The molecule has 7 heteroatoms. The number of imidazole rings is 1. The van der Waals surface area contributed by atoms with E-state index in [1.807, 2.05) is 43.3 Å². The Labute approximate surface area is 187 Å². The first-order valence-corrected chi connectivity index (χ1v) is 10.7. The average Bonchev–Trinajstić information content (AvgIpc) is 3.01. The van der Waals surface area contributed by atoms with Gasteiger partial charge < -0.3 is 9.47 Å². The van der Waals surface area contributed by atoms with Crippen LogP contribution in [-0.4, -0.2) is 22.9 Å². The van der Waals surface area contributed by atoms with Crippen molar-refractivity contribution in [3.63, 3.8) is 0 Å². The Hall–Kier alpha value is -3.06. The van der Waals surface area contributed by atoms with Crippen molar-refractivity contribution in [1.29, 1.82) is 0 Å². The molecule has 31 heavy (non-hydrogen) atoms. The van der Waals surface area contributed by atoms with E-state index in [0.29, 0.717) is 30.2 Å². The first-order valence-electron chi connectivity index (χ1n) is 9.93. The van der Waals surface area contributed by atoms with E-state index in [1.165, 1.54) is 6.07 Å². The van der Waals surface area contributed by atoms with Crippen LogP contribution in [0.5, 0.6) is 11.5 Å². The van der Waals surface area contributed by atoms with Gasteiger partial charge in [-0.2, -0.15) is 0 Å². The number of halogens is 2. The number of fused-ring (bicyclic) bond motifs is 1. The number of hydrogen-bond acceptors (Lipinski definition) is 3. The normalized spacial score (nSPS) is 11.1. The number of aromatic nitrogens is 2. The van der Waals surface area contributed by atoms with Gasteiger partial charge in [-0.25, -0.2) is 9.18 Å². The second-order valence-electron chi connectivity index (χ2n) is 7.10. The number of rotatable bonds is 7. The van der Waals surface area contributed by atoms with Crippen LogP contribution in [0.3, 0.4) is 0 Å². The second kappa shape index (κ2) is 8.98. The zero-order valence-corrected chi connectivity index (χ0v) is 18.9. The average molecular weight is 485 g/mol. The third kappa shape index (κ3) is 4.23. The van der Waals surface area contributed by atoms with Gasteiger partial charge >= 0.3 is 5.69 Å². The predicted octanol–water partition coefficient (Wildman–Crippen LogP) is 5.21. The maximum atomic E-state index is 14.3. The highest BCUT2D eigenvalue weighted by Crippen LogP contribution is 2.29. The SMILES string of the molecule is CCOc1cc(Cn2c(=O)n(Cc3ccccc3F)c3cc(Br)ccc32)ccc1OC. The minimum atomic E-state index is -0.332. The third-order valence-corrected chi connectivity index (χ3v) is 5.63. The van der Waals surface area contributed by atoms with Gasteiger partial charge in [-0.05, 0) is 48.9 Å². The lowest BCUT2D eigenvalue weighted by Crippen LogP contribution is -2.25. The van der Waals surface area contributed by atoms with Crippen LogP contribution in [0.25, 0.3) is 11.0 Å². The molecule has 0 aliphatic heterocycles. The molecule has 4 aromatic rings. The molecule has 0 fully saturated rings. The maximum Gasteiger partial charge on any atom is 0.329 e. The number of hydrogen-bond donors (Lipinski definition) is 0. The monoisotopic (exact) mass is 484 g/mol. The summed E-state index contributed by atoms with van der Waals surface area (Å²) in [5, 5.41) is 0. The van der Waals surface area contributed by atoms with Gasteiger partial charge in [-0.1, -0.05) is 40.2 Å². The molecule has 5 nitrogen and oxygen atoms in total. The van der Waals surface area contributed by atoms with Gasteiger partial charge in [-0.3, -0.25) is 9.13 Å². The van der Waals surface area contributed by atoms with E-state index < -0.39 is 0 Å². The molecule has 0 spiro atoms. The van der Waals surface area contributed by atoms with Gasteiger partial charge in [0, 0.05) is 10.0 Å². The van der Waals surface area contributed by atoms with Gasteiger partial charge in [0.15, 0.2) is 11.5 Å². The lowest BCUT2D eigenvalue weighted by atomic mass is 10.2. The van der Waals surface area contributed by atoms with Crippen molar-refractivity contribution in [1.82, 2.24) is 9.13 Å². The molecule has 4 rings (SSSR count). The highest BCUT2D eigenvalue weighted by molar-refractivity contribution is 9.10. The largest absolute Gasteiger partial charge is 0.493 e. The molecular formula is C24H22BrFN2O3. The summed E-state index contributed by atoms with van der Waals surface area (Å²) in [4.78, 5) is 13.4. The highest BCUT2D eigenvalue weighted by Gasteiger charge is 2.16. The fourth-order valence-electron chi connectivity index (χ4n) is 3.67. The van der Waals surface area contributed by atoms with Crippen molar-refractivity contribution in [3.8, 4) is 11.5 Å². The Kier molecular flexibility index (Phi) is 6.13. The number of benzene rings is 3. The summed E-state index contributed by atoms with van der Waals surface area (Å²) in [6, 6.07) is 17.8. The van der Waals surface area contributed by atoms with Crippen LogP contribution in [0, 0.1) is 5.82 Å². The third-order valence-electron chi connectivity index (χ3n) is 5.14. The molecule has 0 radical (unpaired) electrons. The summed E-state index contributed by atoms with van der Waals surface area (Å²) in [5.74, 6) is 0.944. The van der Waals surface area contributed by atoms with Crippen LogP contribution >= 0.6 is 15.9 Å². The van der Waals surface area contributed by atoms with E-state index >= 15 is 0 Å². The Morgan fingerprint density at radius 2 is 1.71 bits per heavy atom. The van der Waals surface area contributed by atoms with Crippen molar-refractivity contribution < 1.29 is 13.9 Å². The topological polar surface area (TPSA) is 45.4 Å². The molecule has 0 amide bonds. The number of nitrogens with zero attached hydrogens (tertiary/aromatic N) is 2. The van der Waals surface area contributed by atoms with E-state index in [-0.39, 0.29) is 18.1 Å². The van der Waals surface area contributed by atoms with Crippen molar-refractivity contribution in [2.75, 3.05) is 13.7 Å². The van der Waals surface area contributed by atoms with E-state index in [0.717, 1.165) is 21.1 Å². The minimum Gasteiger partial charge on any atom is -0.493 e. The summed E-state index contributed by atoms with van der Waals surface area (Å²) in [6.45, 7) is 2.92. The summed E-state index contributed by atoms with van der Waals surface area (Å²) >= 11 is 3.48. The molecule has 0 saturated carbocycles. The van der Waals surface area contributed by atoms with Crippen molar-refractivity contribution >= 4 is 27.0 Å². The standard InChI is InChI=1S/C24H22BrFN2O3/c1-3-31-23-12-16(8-11-22(23)30-2)14-27-20-10-9-18(25)13-21(20)28(24(27)29)15-17-6-4-5-7-19(17)26/h4-13H,3,14-15H2,1-2H3. The molecule has 160 valence electrons. The lowest BCUT2D eigenvalue weighted by molar-refractivity contribution is 0.310. The predicted molar refractivity (Wildman–Crippen MR) is 123 cm³/mol. The second-order valence-corrected chi connectivity index (χ2v) is 8.01. The maximum absolute atomic E-state index is 14.3. The highest BCUT2D eigenvalue weighted by atomic mass is 79.9. The molecule has 0 aliphatic carbocycles. The molecule has 0 unspecified atom stereocenters. The van der Waals surface area contributed by atoms with Crippen LogP contribution in [0.15, 0.2) is 69.9 Å². The summed E-state index contributed by atoms with van der Waals surface area (Å²) in [7, 11) is 1.59. The van der Waals surface area contributed by atoms with Gasteiger partial charge in [0.2, 0.25) is 0 Å². The molecule has 1 heterocycles. The fraction of sp³-hybridized carbons (Fsp3) is 0.208. The Morgan fingerprint density at radius 3 is 2.45 bits per heavy atom. The molecule has 0 saturated heterocycles. The van der Waals surface area contributed by atoms with E-state index in [4.69, 9.17) is 9.47 Å². The fourth-order valence-corrected chi connectivity index (χ4v) is 4.01. The molecule has 0 N–H and O–H groups in total. The van der Waals surface area contributed by atoms with Crippen molar-refractivity contribution in [2.24, 2.45) is 0 Å². The van der Waals surface area contributed by atoms with Crippen LogP contribution in [0.1, 0.15) is 18.1 Å². The van der Waals surface area contributed by atoms with E-state index in [1.54, 1.807) is 34.4 Å². The molecule has 3 aromatic carbocycles. The minimum absolute atomic E-state index is 0.151. The van der Waals surface area contributed by atoms with Crippen molar-refractivity contribution in [3.05, 3.63) is 92.6 Å². The van der Waals surface area contributed by atoms with Gasteiger partial charge in [0.25, 0.3) is 0 Å². The Balaban J connectivity index is 1.80. The van der Waals surface area contributed by atoms with Crippen LogP contribution < -0.4 is 15.2 Å². The van der Waals surface area contributed by atoms with Gasteiger partial charge in [0.05, 0.1) is 37.8 Å².